The third-order valence-corrected chi connectivity index (χ3v) is 2.85. The minimum atomic E-state index is 0. The van der Waals surface area contributed by atoms with Gasteiger partial charge in [-0.1, -0.05) is 25.1 Å². The van der Waals surface area contributed by atoms with Crippen LogP contribution in [0.25, 0.3) is 5.57 Å². The van der Waals surface area contributed by atoms with E-state index in [0.717, 1.165) is 17.6 Å². The molecule has 1 aromatic carbocycles. The molecule has 0 amide bonds. The Hall–Kier alpha value is -0.417. The molecule has 2 saturated carbocycles. The van der Waals surface area contributed by atoms with Crippen molar-refractivity contribution in [1.29, 1.82) is 0 Å². The fraction of sp³-hybridized carbons (Fsp3) is 0.0870. The van der Waals surface area contributed by atoms with Gasteiger partial charge >= 0.3 is 26.2 Å². The van der Waals surface area contributed by atoms with E-state index in [1.54, 1.807) is 0 Å². The Morgan fingerprint density at radius 3 is 1.50 bits per heavy atom. The minimum Gasteiger partial charge on any atom is -0.341 e. The molecule has 3 rings (SSSR count). The third kappa shape index (κ3) is 12.0. The summed E-state index contributed by atoms with van der Waals surface area (Å²) in [7, 11) is 0. The molecule has 0 spiro atoms. The molecule has 118 valence electrons. The summed E-state index contributed by atoms with van der Waals surface area (Å²) in [6.07, 6.45) is 24.0. The molecule has 0 atom stereocenters. The summed E-state index contributed by atoms with van der Waals surface area (Å²) in [5.41, 5.74) is 3.25. The Kier molecular flexibility index (Phi) is 15.8. The first-order valence-electron chi connectivity index (χ1n) is 7.70. The van der Waals surface area contributed by atoms with Crippen molar-refractivity contribution < 1.29 is 26.2 Å². The van der Waals surface area contributed by atoms with Crippen molar-refractivity contribution in [2.75, 3.05) is 0 Å². The average molecular weight is 392 g/mol. The normalized spacial score (nSPS) is 16.2. The molecule has 0 heterocycles. The van der Waals surface area contributed by atoms with Gasteiger partial charge in [0.15, 0.2) is 0 Å². The summed E-state index contributed by atoms with van der Waals surface area (Å²) in [5.74, 6) is 0. The zero-order valence-corrected chi connectivity index (χ0v) is 16.7. The molecule has 0 bridgehead atoms. The van der Waals surface area contributed by atoms with Gasteiger partial charge in [0.25, 0.3) is 0 Å². The van der Waals surface area contributed by atoms with Crippen molar-refractivity contribution >= 4 is 5.57 Å². The van der Waals surface area contributed by atoms with Crippen LogP contribution in [0.3, 0.4) is 0 Å². The van der Waals surface area contributed by atoms with Crippen molar-refractivity contribution in [2.45, 2.75) is 13.3 Å². The van der Waals surface area contributed by atoms with Gasteiger partial charge in [-0.2, -0.15) is 30.2 Å². The van der Waals surface area contributed by atoms with E-state index in [0.29, 0.717) is 0 Å². The summed E-state index contributed by atoms with van der Waals surface area (Å²) in [6.45, 7) is 9.63. The molecule has 0 aliphatic heterocycles. The molecule has 0 nitrogen and oxygen atoms in total. The van der Waals surface area contributed by atoms with E-state index in [-0.39, 0.29) is 26.2 Å². The van der Waals surface area contributed by atoms with Crippen molar-refractivity contribution in [1.82, 2.24) is 0 Å². The summed E-state index contributed by atoms with van der Waals surface area (Å²) >= 11 is 0. The summed E-state index contributed by atoms with van der Waals surface area (Å²) in [4.78, 5) is 0. The van der Waals surface area contributed by atoms with Crippen molar-refractivity contribution in [3.05, 3.63) is 125 Å². The molecular weight excluding hydrogens is 367 g/mol. The molecule has 0 unspecified atom stereocenters. The Morgan fingerprint density at radius 2 is 1.21 bits per heavy atom. The molecule has 2 aliphatic rings. The molecule has 0 N–H and O–H groups in total. The van der Waals surface area contributed by atoms with Crippen LogP contribution in [0.4, 0.5) is 0 Å². The molecule has 10 radical (unpaired) electrons. The van der Waals surface area contributed by atoms with Crippen LogP contribution in [-0.4, -0.2) is 0 Å². The predicted molar refractivity (Wildman–Crippen MR) is 101 cm³/mol. The second-order valence-corrected chi connectivity index (χ2v) is 4.92. The van der Waals surface area contributed by atoms with Crippen LogP contribution in [-0.2, 0) is 26.2 Å². The first kappa shape index (κ1) is 23.6. The van der Waals surface area contributed by atoms with Crippen molar-refractivity contribution in [3.63, 3.8) is 0 Å². The van der Waals surface area contributed by atoms with Crippen molar-refractivity contribution in [3.8, 4) is 0 Å². The third-order valence-electron chi connectivity index (χ3n) is 2.85. The second-order valence-electron chi connectivity index (χ2n) is 4.92. The van der Waals surface area contributed by atoms with Gasteiger partial charge in [0.2, 0.25) is 0 Å². The van der Waals surface area contributed by atoms with Crippen LogP contribution < -0.4 is 0 Å². The molecule has 1 aromatic rings. The molecule has 2 fully saturated rings. The Morgan fingerprint density at radius 1 is 0.833 bits per heavy atom. The topological polar surface area (TPSA) is 0 Å². The minimum absolute atomic E-state index is 0. The molecule has 1 heteroatoms. The van der Waals surface area contributed by atoms with E-state index in [4.69, 9.17) is 0 Å². The van der Waals surface area contributed by atoms with E-state index >= 15 is 0 Å². The number of allylic oxidation sites excluding steroid dienone is 3. The first-order valence-corrected chi connectivity index (χ1v) is 7.70. The van der Waals surface area contributed by atoms with E-state index in [1.807, 2.05) is 89.3 Å². The first-order chi connectivity index (χ1) is 11.2. The largest absolute Gasteiger partial charge is 4.00 e. The molecule has 0 aromatic heterocycles. The maximum absolute atomic E-state index is 3.87. The standard InChI is InChI=1S/C13H14.2C5H5.Zr/c1-4-12(10-11(2)3)13-8-6-5-7-9-13;2*1-2-4-5-3-1;/h5-9H,1-2,4H2,3H3;2*1-5H;/q-2;;;+4. The predicted octanol–water partition coefficient (Wildman–Crippen LogP) is 5.71. The van der Waals surface area contributed by atoms with Gasteiger partial charge in [0, 0.05) is 0 Å². The zero-order chi connectivity index (χ0) is 16.8. The van der Waals surface area contributed by atoms with E-state index in [2.05, 4.69) is 31.7 Å². The fourth-order valence-corrected chi connectivity index (χ4v) is 1.82. The maximum atomic E-state index is 3.87. The van der Waals surface area contributed by atoms with Crippen LogP contribution in [0.2, 0.25) is 0 Å². The Labute approximate surface area is 170 Å². The van der Waals surface area contributed by atoms with Gasteiger partial charge < -0.3 is 6.92 Å². The van der Waals surface area contributed by atoms with Crippen molar-refractivity contribution in [2.24, 2.45) is 0 Å². The van der Waals surface area contributed by atoms with E-state index in [9.17, 15) is 0 Å². The monoisotopic (exact) mass is 390 g/mol. The number of rotatable bonds is 3. The van der Waals surface area contributed by atoms with Gasteiger partial charge in [-0.3, -0.25) is 0 Å². The molecule has 2 aliphatic carbocycles. The quantitative estimate of drug-likeness (QED) is 0.457. The Bertz CT molecular complexity index is 411. The van der Waals surface area contributed by atoms with E-state index in [1.165, 1.54) is 5.56 Å². The van der Waals surface area contributed by atoms with Crippen LogP contribution in [0.5, 0.6) is 0 Å². The van der Waals surface area contributed by atoms with Crippen LogP contribution >= 0.6 is 0 Å². The zero-order valence-electron chi connectivity index (χ0n) is 14.3. The molecule has 24 heavy (non-hydrogen) atoms. The SMILES string of the molecule is C=C(C)[C-]=C(C[CH2-])c1ccccc1.[CH]1[CH][CH][CH][CH]1.[CH]1[CH][CH][CH][CH]1.[Zr+4]. The second kappa shape index (κ2) is 16.1. The Balaban J connectivity index is 0.000000393. The number of benzene rings is 1. The summed E-state index contributed by atoms with van der Waals surface area (Å²) < 4.78 is 0. The smallest absolute Gasteiger partial charge is 0.341 e. The van der Waals surface area contributed by atoms with Crippen LogP contribution in [0.15, 0.2) is 42.5 Å². The maximum Gasteiger partial charge on any atom is 4.00 e. The van der Waals surface area contributed by atoms with Gasteiger partial charge in [0.05, 0.1) is 0 Å². The molecular formula is C23H24Zr+2. The average Bonchev–Trinajstić information content (AvgIpc) is 3.31. The van der Waals surface area contributed by atoms with Gasteiger partial charge in [-0.05, 0) is 64.2 Å². The van der Waals surface area contributed by atoms with Gasteiger partial charge in [0.1, 0.15) is 0 Å². The molecule has 0 saturated heterocycles. The van der Waals surface area contributed by atoms with Gasteiger partial charge in [-0.25, -0.2) is 0 Å². The van der Waals surface area contributed by atoms with E-state index < -0.39 is 0 Å². The number of hydrogen-bond donors (Lipinski definition) is 0. The fourth-order valence-electron chi connectivity index (χ4n) is 1.82. The van der Waals surface area contributed by atoms with Crippen LogP contribution in [0, 0.1) is 77.2 Å². The summed E-state index contributed by atoms with van der Waals surface area (Å²) in [5, 5.41) is 0. The number of hydrogen-bond acceptors (Lipinski definition) is 0. The summed E-state index contributed by atoms with van der Waals surface area (Å²) in [6, 6.07) is 10.2. The van der Waals surface area contributed by atoms with Gasteiger partial charge in [-0.15, -0.1) is 17.7 Å². The van der Waals surface area contributed by atoms with Crippen LogP contribution in [0.1, 0.15) is 18.9 Å².